The summed E-state index contributed by atoms with van der Waals surface area (Å²) < 4.78 is 0. The number of pyridine rings is 1. The fourth-order valence-electron chi connectivity index (χ4n) is 2.84. The highest BCUT2D eigenvalue weighted by Gasteiger charge is 2.23. The van der Waals surface area contributed by atoms with E-state index < -0.39 is 0 Å². The van der Waals surface area contributed by atoms with Crippen LogP contribution < -0.4 is 0 Å². The molecule has 20 heavy (non-hydrogen) atoms. The lowest BCUT2D eigenvalue weighted by Gasteiger charge is -2.31. The van der Waals surface area contributed by atoms with Crippen molar-refractivity contribution in [1.82, 2.24) is 14.9 Å². The molecule has 1 fully saturated rings. The van der Waals surface area contributed by atoms with E-state index in [1.807, 2.05) is 23.6 Å². The van der Waals surface area contributed by atoms with Gasteiger partial charge in [-0.1, -0.05) is 6.07 Å². The van der Waals surface area contributed by atoms with Gasteiger partial charge in [0.1, 0.15) is 0 Å². The number of hydrogen-bond acceptors (Lipinski definition) is 4. The van der Waals surface area contributed by atoms with E-state index in [0.717, 1.165) is 25.2 Å². The van der Waals surface area contributed by atoms with Gasteiger partial charge in [-0.05, 0) is 38.4 Å². The van der Waals surface area contributed by atoms with Gasteiger partial charge in [-0.25, -0.2) is 4.98 Å². The van der Waals surface area contributed by atoms with Gasteiger partial charge >= 0.3 is 0 Å². The molecule has 0 radical (unpaired) electrons. The van der Waals surface area contributed by atoms with Crippen LogP contribution in [0.4, 0.5) is 0 Å². The minimum atomic E-state index is 0.631. The average Bonchev–Trinajstić information content (AvgIpc) is 2.93. The molecule has 0 spiro atoms. The van der Waals surface area contributed by atoms with Gasteiger partial charge in [0, 0.05) is 48.4 Å². The Morgan fingerprint density at radius 1 is 1.40 bits per heavy atom. The average molecular weight is 287 g/mol. The number of rotatable bonds is 4. The summed E-state index contributed by atoms with van der Waals surface area (Å²) in [6, 6.07) is 6.16. The van der Waals surface area contributed by atoms with Gasteiger partial charge in [0.2, 0.25) is 0 Å². The molecule has 0 bridgehead atoms. The molecule has 1 saturated heterocycles. The summed E-state index contributed by atoms with van der Waals surface area (Å²) >= 11 is 1.82. The van der Waals surface area contributed by atoms with Gasteiger partial charge in [0.25, 0.3) is 0 Å². The Hall–Kier alpha value is -1.26. The first-order valence-electron chi connectivity index (χ1n) is 7.35. The molecule has 1 atom stereocenters. The van der Waals surface area contributed by atoms with Crippen molar-refractivity contribution in [2.24, 2.45) is 0 Å². The van der Waals surface area contributed by atoms with Crippen molar-refractivity contribution in [3.05, 3.63) is 46.2 Å². The summed E-state index contributed by atoms with van der Waals surface area (Å²) in [5.74, 6) is 0.631. The topological polar surface area (TPSA) is 29.0 Å². The zero-order valence-corrected chi connectivity index (χ0v) is 12.8. The van der Waals surface area contributed by atoms with Crippen molar-refractivity contribution < 1.29 is 0 Å². The maximum atomic E-state index is 4.67. The second-order valence-electron chi connectivity index (χ2n) is 5.54. The van der Waals surface area contributed by atoms with Crippen LogP contribution in [0, 0.1) is 6.92 Å². The molecule has 0 aromatic carbocycles. The Bertz CT molecular complexity index is 538. The van der Waals surface area contributed by atoms with Gasteiger partial charge in [-0.15, -0.1) is 11.3 Å². The van der Waals surface area contributed by atoms with Crippen LogP contribution in [0.5, 0.6) is 0 Å². The minimum absolute atomic E-state index is 0.631. The van der Waals surface area contributed by atoms with E-state index in [1.54, 1.807) is 0 Å². The smallest absolute Gasteiger partial charge is 0.0971 e. The molecule has 1 unspecified atom stereocenters. The second-order valence-corrected chi connectivity index (χ2v) is 6.43. The van der Waals surface area contributed by atoms with E-state index in [4.69, 9.17) is 0 Å². The molecule has 3 heterocycles. The van der Waals surface area contributed by atoms with Gasteiger partial charge < -0.3 is 4.90 Å². The number of aryl methyl sites for hydroxylation is 1. The van der Waals surface area contributed by atoms with Crippen LogP contribution in [-0.2, 0) is 6.42 Å². The zero-order chi connectivity index (χ0) is 13.8. The molecule has 1 aliphatic heterocycles. The van der Waals surface area contributed by atoms with Gasteiger partial charge in [-0.2, -0.15) is 0 Å². The van der Waals surface area contributed by atoms with E-state index in [2.05, 4.69) is 39.3 Å². The lowest BCUT2D eigenvalue weighted by atomic mass is 9.98. The molecule has 0 N–H and O–H groups in total. The monoisotopic (exact) mass is 287 g/mol. The Kier molecular flexibility index (Phi) is 4.43. The standard InChI is InChI=1S/C16H21N3S/c1-13-12-20-16(18-13)14-5-4-9-19(11-14)10-7-15-6-2-3-8-17-15/h2-3,6,8,12,14H,4-5,7,9-11H2,1H3. The Morgan fingerprint density at radius 2 is 2.35 bits per heavy atom. The molecule has 2 aromatic rings. The first-order valence-corrected chi connectivity index (χ1v) is 8.23. The van der Waals surface area contributed by atoms with Crippen molar-refractivity contribution >= 4 is 11.3 Å². The third-order valence-corrected chi connectivity index (χ3v) is 5.03. The van der Waals surface area contributed by atoms with Gasteiger partial charge in [0.05, 0.1) is 5.01 Å². The highest BCUT2D eigenvalue weighted by Crippen LogP contribution is 2.29. The predicted octanol–water partition coefficient (Wildman–Crippen LogP) is 3.27. The lowest BCUT2D eigenvalue weighted by molar-refractivity contribution is 0.209. The van der Waals surface area contributed by atoms with Gasteiger partial charge in [0.15, 0.2) is 0 Å². The third kappa shape index (κ3) is 3.44. The number of thiazole rings is 1. The molecular weight excluding hydrogens is 266 g/mol. The van der Waals surface area contributed by atoms with Crippen LogP contribution in [-0.4, -0.2) is 34.5 Å². The highest BCUT2D eigenvalue weighted by molar-refractivity contribution is 7.09. The molecule has 0 amide bonds. The first kappa shape index (κ1) is 13.7. The van der Waals surface area contributed by atoms with Crippen LogP contribution in [0.15, 0.2) is 29.8 Å². The van der Waals surface area contributed by atoms with Crippen molar-refractivity contribution in [3.63, 3.8) is 0 Å². The molecule has 0 saturated carbocycles. The Labute approximate surface area is 124 Å². The molecule has 3 rings (SSSR count). The summed E-state index contributed by atoms with van der Waals surface area (Å²) in [5.41, 5.74) is 2.36. The number of hydrogen-bond donors (Lipinski definition) is 0. The Morgan fingerprint density at radius 3 is 3.10 bits per heavy atom. The minimum Gasteiger partial charge on any atom is -0.302 e. The largest absolute Gasteiger partial charge is 0.302 e. The summed E-state index contributed by atoms with van der Waals surface area (Å²) in [5, 5.41) is 3.49. The molecule has 2 aromatic heterocycles. The molecule has 4 heteroatoms. The normalized spacial score (nSPS) is 20.1. The highest BCUT2D eigenvalue weighted by atomic mass is 32.1. The maximum absolute atomic E-state index is 4.67. The van der Waals surface area contributed by atoms with E-state index in [1.165, 1.54) is 30.1 Å². The van der Waals surface area contributed by atoms with E-state index in [-0.39, 0.29) is 0 Å². The zero-order valence-electron chi connectivity index (χ0n) is 12.0. The SMILES string of the molecule is Cc1csc(C2CCCN(CCc3ccccn3)C2)n1. The van der Waals surface area contributed by atoms with Crippen molar-refractivity contribution in [1.29, 1.82) is 0 Å². The van der Waals surface area contributed by atoms with Crippen LogP contribution >= 0.6 is 11.3 Å². The molecular formula is C16H21N3S. The van der Waals surface area contributed by atoms with Crippen LogP contribution in [0.1, 0.15) is 35.2 Å². The van der Waals surface area contributed by atoms with Crippen LogP contribution in [0.25, 0.3) is 0 Å². The van der Waals surface area contributed by atoms with E-state index in [9.17, 15) is 0 Å². The summed E-state index contributed by atoms with van der Waals surface area (Å²) in [7, 11) is 0. The molecule has 0 aliphatic carbocycles. The molecule has 1 aliphatic rings. The maximum Gasteiger partial charge on any atom is 0.0971 e. The first-order chi connectivity index (χ1) is 9.81. The van der Waals surface area contributed by atoms with Crippen LogP contribution in [0.3, 0.4) is 0 Å². The second kappa shape index (κ2) is 6.46. The van der Waals surface area contributed by atoms with Crippen molar-refractivity contribution in [2.75, 3.05) is 19.6 Å². The quantitative estimate of drug-likeness (QED) is 0.864. The number of nitrogens with zero attached hydrogens (tertiary/aromatic N) is 3. The summed E-state index contributed by atoms with van der Waals surface area (Å²) in [4.78, 5) is 11.6. The molecule has 106 valence electrons. The van der Waals surface area contributed by atoms with E-state index >= 15 is 0 Å². The van der Waals surface area contributed by atoms with Gasteiger partial charge in [-0.3, -0.25) is 4.98 Å². The number of likely N-dealkylation sites (tertiary alicyclic amines) is 1. The fraction of sp³-hybridized carbons (Fsp3) is 0.500. The fourth-order valence-corrected chi connectivity index (χ4v) is 3.76. The summed E-state index contributed by atoms with van der Waals surface area (Å²) in [6.07, 6.45) is 5.50. The number of aromatic nitrogens is 2. The predicted molar refractivity (Wildman–Crippen MR) is 83.2 cm³/mol. The third-order valence-electron chi connectivity index (χ3n) is 3.90. The molecule has 3 nitrogen and oxygen atoms in total. The lowest BCUT2D eigenvalue weighted by Crippen LogP contribution is -2.35. The summed E-state index contributed by atoms with van der Waals surface area (Å²) in [6.45, 7) is 5.56. The Balaban J connectivity index is 1.55. The van der Waals surface area contributed by atoms with E-state index in [0.29, 0.717) is 5.92 Å². The van der Waals surface area contributed by atoms with Crippen molar-refractivity contribution in [3.8, 4) is 0 Å². The number of piperidine rings is 1. The van der Waals surface area contributed by atoms with Crippen molar-refractivity contribution in [2.45, 2.75) is 32.1 Å². The van der Waals surface area contributed by atoms with Crippen LogP contribution in [0.2, 0.25) is 0 Å².